The van der Waals surface area contributed by atoms with Crippen molar-refractivity contribution in [1.29, 1.82) is 0 Å². The number of aryl methyl sites for hydroxylation is 2. The second kappa shape index (κ2) is 8.33. The van der Waals surface area contributed by atoms with Crippen LogP contribution in [-0.4, -0.2) is 41.8 Å². The van der Waals surface area contributed by atoms with Gasteiger partial charge in [-0.1, -0.05) is 5.16 Å². The van der Waals surface area contributed by atoms with E-state index >= 15 is 0 Å². The van der Waals surface area contributed by atoms with Crippen LogP contribution in [0.15, 0.2) is 9.90 Å². The molecule has 7 heteroatoms. The fourth-order valence-electron chi connectivity index (χ4n) is 3.33. The Kier molecular flexibility index (Phi) is 6.11. The zero-order chi connectivity index (χ0) is 18.7. The Labute approximate surface area is 158 Å². The number of amides is 1. The number of rotatable bonds is 7. The quantitative estimate of drug-likeness (QED) is 0.803. The number of carbonyl (C=O) groups excluding carboxylic acids is 1. The number of thiophene rings is 1. The molecule has 1 aliphatic heterocycles. The summed E-state index contributed by atoms with van der Waals surface area (Å²) in [6.45, 7) is 11.7. The molecule has 1 aliphatic rings. The number of fused-ring (bicyclic) bond motifs is 1. The summed E-state index contributed by atoms with van der Waals surface area (Å²) in [5, 5.41) is 9.02. The molecule has 142 valence electrons. The topological polar surface area (TPSA) is 67.6 Å². The lowest BCUT2D eigenvalue weighted by molar-refractivity contribution is 0.0694. The van der Waals surface area contributed by atoms with E-state index in [0.29, 0.717) is 13.2 Å². The minimum absolute atomic E-state index is 0.00762. The molecular formula is C19H27N3O3S. The van der Waals surface area contributed by atoms with Gasteiger partial charge in [0.15, 0.2) is 0 Å². The Morgan fingerprint density at radius 1 is 1.50 bits per heavy atom. The van der Waals surface area contributed by atoms with Crippen LogP contribution in [0.2, 0.25) is 0 Å². The zero-order valence-electron chi connectivity index (χ0n) is 15.9. The van der Waals surface area contributed by atoms with E-state index in [0.717, 1.165) is 43.1 Å². The lowest BCUT2D eigenvalue weighted by Crippen LogP contribution is -2.34. The number of carbonyl (C=O) groups is 1. The summed E-state index contributed by atoms with van der Waals surface area (Å²) >= 11 is 1.68. The van der Waals surface area contributed by atoms with E-state index < -0.39 is 0 Å². The Morgan fingerprint density at radius 3 is 3.00 bits per heavy atom. The summed E-state index contributed by atoms with van der Waals surface area (Å²) < 4.78 is 10.7. The smallest absolute Gasteiger partial charge is 0.252 e. The molecule has 2 aromatic heterocycles. The van der Waals surface area contributed by atoms with Crippen LogP contribution in [0.25, 0.3) is 0 Å². The maximum absolute atomic E-state index is 12.5. The van der Waals surface area contributed by atoms with Crippen molar-refractivity contribution in [3.8, 4) is 0 Å². The van der Waals surface area contributed by atoms with Crippen molar-refractivity contribution in [3.05, 3.63) is 38.4 Å². The maximum atomic E-state index is 12.5. The third-order valence-corrected chi connectivity index (χ3v) is 5.85. The van der Waals surface area contributed by atoms with Gasteiger partial charge in [-0.05, 0) is 39.7 Å². The van der Waals surface area contributed by atoms with Crippen molar-refractivity contribution in [2.75, 3.05) is 19.7 Å². The molecule has 2 aromatic rings. The molecule has 1 N–H and O–H groups in total. The van der Waals surface area contributed by atoms with Crippen LogP contribution < -0.4 is 5.32 Å². The largest absolute Gasteiger partial charge is 0.377 e. The summed E-state index contributed by atoms with van der Waals surface area (Å²) in [6, 6.07) is 0. The predicted octanol–water partition coefficient (Wildman–Crippen LogP) is 3.07. The van der Waals surface area contributed by atoms with Gasteiger partial charge in [-0.2, -0.15) is 0 Å². The maximum Gasteiger partial charge on any atom is 0.252 e. The summed E-state index contributed by atoms with van der Waals surface area (Å²) in [7, 11) is 0. The van der Waals surface area contributed by atoms with Crippen LogP contribution in [0.3, 0.4) is 0 Å². The molecule has 26 heavy (non-hydrogen) atoms. The third-order valence-electron chi connectivity index (χ3n) is 4.83. The number of ether oxygens (including phenoxy) is 1. The first-order chi connectivity index (χ1) is 12.5. The van der Waals surface area contributed by atoms with Crippen LogP contribution in [0.1, 0.15) is 51.7 Å². The summed E-state index contributed by atoms with van der Waals surface area (Å²) in [5.74, 6) is 0.899. The van der Waals surface area contributed by atoms with Crippen LogP contribution >= 0.6 is 11.3 Å². The highest BCUT2D eigenvalue weighted by molar-refractivity contribution is 7.10. The van der Waals surface area contributed by atoms with E-state index in [4.69, 9.17) is 9.26 Å². The van der Waals surface area contributed by atoms with Crippen LogP contribution in [-0.2, 0) is 24.2 Å². The second-order valence-electron chi connectivity index (χ2n) is 6.79. The molecule has 3 heterocycles. The van der Waals surface area contributed by atoms with E-state index in [1.54, 1.807) is 11.3 Å². The van der Waals surface area contributed by atoms with Crippen molar-refractivity contribution in [2.24, 2.45) is 0 Å². The Morgan fingerprint density at radius 2 is 2.31 bits per heavy atom. The molecule has 6 nitrogen and oxygen atoms in total. The van der Waals surface area contributed by atoms with Crippen molar-refractivity contribution in [3.63, 3.8) is 0 Å². The number of nitrogens with one attached hydrogen (secondary N) is 1. The minimum Gasteiger partial charge on any atom is -0.377 e. The zero-order valence-corrected chi connectivity index (χ0v) is 16.7. The molecule has 0 fully saturated rings. The van der Waals surface area contributed by atoms with E-state index in [1.165, 1.54) is 16.0 Å². The Bertz CT molecular complexity index is 749. The van der Waals surface area contributed by atoms with Gasteiger partial charge in [0.25, 0.3) is 5.91 Å². The van der Waals surface area contributed by atoms with Crippen molar-refractivity contribution in [1.82, 2.24) is 15.4 Å². The molecule has 0 aliphatic carbocycles. The number of hydrogen-bond acceptors (Lipinski definition) is 6. The molecular weight excluding hydrogens is 350 g/mol. The molecule has 1 atom stereocenters. The van der Waals surface area contributed by atoms with Gasteiger partial charge < -0.3 is 14.6 Å². The molecule has 0 unspecified atom stereocenters. The lowest BCUT2D eigenvalue weighted by Gasteiger charge is -2.27. The van der Waals surface area contributed by atoms with Gasteiger partial charge >= 0.3 is 0 Å². The van der Waals surface area contributed by atoms with Crippen LogP contribution in [0.4, 0.5) is 0 Å². The lowest BCUT2D eigenvalue weighted by atomic mass is 10.0. The van der Waals surface area contributed by atoms with Gasteiger partial charge in [-0.15, -0.1) is 11.3 Å². The van der Waals surface area contributed by atoms with E-state index in [-0.39, 0.29) is 12.0 Å². The number of hydrogen-bond donors (Lipinski definition) is 1. The molecule has 3 rings (SSSR count). The van der Waals surface area contributed by atoms with Gasteiger partial charge in [-0.3, -0.25) is 9.69 Å². The van der Waals surface area contributed by atoms with Gasteiger partial charge in [0.1, 0.15) is 5.76 Å². The molecule has 1 amide bonds. The van der Waals surface area contributed by atoms with E-state index in [9.17, 15) is 4.79 Å². The highest BCUT2D eigenvalue weighted by Gasteiger charge is 2.25. The van der Waals surface area contributed by atoms with Crippen LogP contribution in [0.5, 0.6) is 0 Å². The monoisotopic (exact) mass is 377 g/mol. The molecule has 0 saturated heterocycles. The normalized spacial score (nSPS) is 15.7. The molecule has 0 aromatic carbocycles. The molecule has 0 spiro atoms. The highest BCUT2D eigenvalue weighted by atomic mass is 32.1. The van der Waals surface area contributed by atoms with Gasteiger partial charge in [0.05, 0.1) is 17.4 Å². The number of aromatic nitrogens is 1. The van der Waals surface area contributed by atoms with Gasteiger partial charge in [0.2, 0.25) is 0 Å². The average molecular weight is 378 g/mol. The van der Waals surface area contributed by atoms with E-state index in [2.05, 4.69) is 15.4 Å². The fraction of sp³-hybridized carbons (Fsp3) is 0.579. The Hall–Kier alpha value is -1.70. The van der Waals surface area contributed by atoms with Crippen molar-refractivity contribution in [2.45, 2.75) is 53.3 Å². The molecule has 0 saturated carbocycles. The fourth-order valence-corrected chi connectivity index (χ4v) is 4.45. The number of nitrogens with zero attached hydrogens (tertiary/aromatic N) is 2. The molecule has 0 bridgehead atoms. The third kappa shape index (κ3) is 4.16. The van der Waals surface area contributed by atoms with Crippen molar-refractivity contribution >= 4 is 17.2 Å². The predicted molar refractivity (Wildman–Crippen MR) is 102 cm³/mol. The summed E-state index contributed by atoms with van der Waals surface area (Å²) in [5.41, 5.74) is 4.16. The second-order valence-corrected chi connectivity index (χ2v) is 7.75. The first kappa shape index (κ1) is 19.1. The Balaban J connectivity index is 1.62. The standard InChI is InChI=1S/C19H27N3O3S/c1-5-24-12(2)8-20-19(23)17-11-26-18-10-22(7-6-15(17)18)9-16-13(3)21-25-14(16)4/h11-12H,5-10H2,1-4H3,(H,20,23)/t12-/m1/s1. The SMILES string of the molecule is CCO[C@H](C)CNC(=O)c1csc2c1CCN(Cc1c(C)noc1C)C2. The minimum atomic E-state index is 0.00762. The first-order valence-electron chi connectivity index (χ1n) is 9.12. The summed E-state index contributed by atoms with van der Waals surface area (Å²) in [4.78, 5) is 16.2. The average Bonchev–Trinajstić information content (AvgIpc) is 3.18. The van der Waals surface area contributed by atoms with Crippen LogP contribution in [0, 0.1) is 13.8 Å². The summed E-state index contributed by atoms with van der Waals surface area (Å²) in [6.07, 6.45) is 0.926. The molecule has 0 radical (unpaired) electrons. The van der Waals surface area contributed by atoms with E-state index in [1.807, 2.05) is 33.1 Å². The van der Waals surface area contributed by atoms with Gasteiger partial charge in [0, 0.05) is 48.6 Å². The van der Waals surface area contributed by atoms with Crippen molar-refractivity contribution < 1.29 is 14.1 Å². The first-order valence-corrected chi connectivity index (χ1v) is 10.0. The highest BCUT2D eigenvalue weighted by Crippen LogP contribution is 2.30. The van der Waals surface area contributed by atoms with Gasteiger partial charge in [-0.25, -0.2) is 0 Å².